The maximum absolute atomic E-state index is 12.3. The number of amides is 1. The van der Waals surface area contributed by atoms with E-state index in [4.69, 9.17) is 9.47 Å². The van der Waals surface area contributed by atoms with Crippen molar-refractivity contribution in [2.45, 2.75) is 90.8 Å². The number of ether oxygens (including phenoxy) is 2. The molecule has 0 heterocycles. The van der Waals surface area contributed by atoms with Gasteiger partial charge in [-0.3, -0.25) is 4.79 Å². The van der Waals surface area contributed by atoms with Crippen LogP contribution in [0.25, 0.3) is 0 Å². The average Bonchev–Trinajstić information content (AvgIpc) is 2.59. The molecule has 0 radical (unpaired) electrons. The van der Waals surface area contributed by atoms with Crippen molar-refractivity contribution in [2.75, 3.05) is 34.2 Å². The standard InChI is InChI=1S/C21H42N2O4/c1-7-8-9-10-11-12-13-19(14-15-20(24)26-18(2)3)27-21(25)23(6)17-16-22(4)5/h18-19H,7-17H2,1-6H3. The van der Waals surface area contributed by atoms with E-state index in [0.29, 0.717) is 13.0 Å². The van der Waals surface area contributed by atoms with Crippen molar-refractivity contribution in [3.63, 3.8) is 0 Å². The maximum Gasteiger partial charge on any atom is 0.409 e. The van der Waals surface area contributed by atoms with E-state index in [-0.39, 0.29) is 30.7 Å². The Balaban J connectivity index is 4.43. The number of esters is 1. The summed E-state index contributed by atoms with van der Waals surface area (Å²) in [5.74, 6) is -0.227. The molecular weight excluding hydrogens is 344 g/mol. The number of hydrogen-bond acceptors (Lipinski definition) is 5. The first-order valence-electron chi connectivity index (χ1n) is 10.5. The number of rotatable bonds is 15. The van der Waals surface area contributed by atoms with Crippen LogP contribution in [0.1, 0.15) is 78.6 Å². The summed E-state index contributed by atoms with van der Waals surface area (Å²) in [6.45, 7) is 7.29. The SMILES string of the molecule is CCCCCCCCC(CCC(=O)OC(C)C)OC(=O)N(C)CCN(C)C. The fourth-order valence-electron chi connectivity index (χ4n) is 2.69. The molecule has 6 nitrogen and oxygen atoms in total. The van der Waals surface area contributed by atoms with E-state index < -0.39 is 0 Å². The molecule has 27 heavy (non-hydrogen) atoms. The van der Waals surface area contributed by atoms with Crippen molar-refractivity contribution in [2.24, 2.45) is 0 Å². The summed E-state index contributed by atoms with van der Waals surface area (Å²) in [6, 6.07) is 0. The predicted molar refractivity (Wildman–Crippen MR) is 110 cm³/mol. The fraction of sp³-hybridized carbons (Fsp3) is 0.905. The van der Waals surface area contributed by atoms with Gasteiger partial charge in [-0.25, -0.2) is 4.79 Å². The Labute approximate surface area is 166 Å². The number of carbonyl (C=O) groups is 2. The summed E-state index contributed by atoms with van der Waals surface area (Å²) in [5.41, 5.74) is 0. The molecule has 0 N–H and O–H groups in total. The van der Waals surface area contributed by atoms with Crippen LogP contribution in [-0.4, -0.2) is 68.3 Å². The van der Waals surface area contributed by atoms with Gasteiger partial charge in [-0.05, 0) is 47.2 Å². The largest absolute Gasteiger partial charge is 0.463 e. The van der Waals surface area contributed by atoms with Crippen molar-refractivity contribution in [1.29, 1.82) is 0 Å². The Morgan fingerprint density at radius 3 is 2.07 bits per heavy atom. The van der Waals surface area contributed by atoms with Crippen LogP contribution in [0.5, 0.6) is 0 Å². The fourth-order valence-corrected chi connectivity index (χ4v) is 2.69. The second kappa shape index (κ2) is 15.7. The minimum absolute atomic E-state index is 0.116. The van der Waals surface area contributed by atoms with Gasteiger partial charge in [0.05, 0.1) is 6.10 Å². The second-order valence-corrected chi connectivity index (χ2v) is 7.86. The number of carbonyl (C=O) groups excluding carboxylic acids is 2. The van der Waals surface area contributed by atoms with E-state index >= 15 is 0 Å². The van der Waals surface area contributed by atoms with Crippen molar-refractivity contribution in [3.8, 4) is 0 Å². The van der Waals surface area contributed by atoms with Crippen molar-refractivity contribution >= 4 is 12.1 Å². The zero-order valence-electron chi connectivity index (χ0n) is 18.5. The van der Waals surface area contributed by atoms with E-state index in [0.717, 1.165) is 25.8 Å². The number of hydrogen-bond donors (Lipinski definition) is 0. The second-order valence-electron chi connectivity index (χ2n) is 7.86. The third-order valence-electron chi connectivity index (χ3n) is 4.38. The van der Waals surface area contributed by atoms with Crippen LogP contribution < -0.4 is 0 Å². The van der Waals surface area contributed by atoms with Crippen molar-refractivity contribution in [1.82, 2.24) is 9.80 Å². The predicted octanol–water partition coefficient (Wildman–Crippen LogP) is 4.47. The lowest BCUT2D eigenvalue weighted by molar-refractivity contribution is -0.148. The highest BCUT2D eigenvalue weighted by molar-refractivity contribution is 5.70. The van der Waals surface area contributed by atoms with E-state index in [1.54, 1.807) is 11.9 Å². The van der Waals surface area contributed by atoms with Crippen molar-refractivity contribution < 1.29 is 19.1 Å². The summed E-state index contributed by atoms with van der Waals surface area (Å²) in [7, 11) is 5.70. The minimum Gasteiger partial charge on any atom is -0.463 e. The maximum atomic E-state index is 12.3. The van der Waals surface area contributed by atoms with Crippen molar-refractivity contribution in [3.05, 3.63) is 0 Å². The van der Waals surface area contributed by atoms with Crippen LogP contribution in [0.4, 0.5) is 4.79 Å². The first kappa shape index (κ1) is 25.7. The smallest absolute Gasteiger partial charge is 0.409 e. The van der Waals surface area contributed by atoms with Gasteiger partial charge in [0, 0.05) is 26.6 Å². The molecule has 6 heteroatoms. The Hall–Kier alpha value is -1.30. The van der Waals surface area contributed by atoms with Crippen LogP contribution in [0.15, 0.2) is 0 Å². The summed E-state index contributed by atoms with van der Waals surface area (Å²) in [5, 5.41) is 0. The molecule has 0 saturated carbocycles. The van der Waals surface area contributed by atoms with Crippen LogP contribution in [0.3, 0.4) is 0 Å². The van der Waals surface area contributed by atoms with E-state index in [1.165, 1.54) is 25.7 Å². The molecule has 0 fully saturated rings. The van der Waals surface area contributed by atoms with E-state index in [9.17, 15) is 9.59 Å². The monoisotopic (exact) mass is 386 g/mol. The Morgan fingerprint density at radius 1 is 0.852 bits per heavy atom. The molecule has 1 unspecified atom stereocenters. The van der Waals surface area contributed by atoms with E-state index in [2.05, 4.69) is 6.92 Å². The molecule has 0 aromatic carbocycles. The Bertz CT molecular complexity index is 400. The molecule has 1 atom stereocenters. The third-order valence-corrected chi connectivity index (χ3v) is 4.38. The molecule has 0 spiro atoms. The van der Waals surface area contributed by atoms with Gasteiger partial charge in [-0.2, -0.15) is 0 Å². The lowest BCUT2D eigenvalue weighted by atomic mass is 10.0. The van der Waals surface area contributed by atoms with E-state index in [1.807, 2.05) is 32.8 Å². The van der Waals surface area contributed by atoms with Gasteiger partial charge in [0.15, 0.2) is 0 Å². The highest BCUT2D eigenvalue weighted by atomic mass is 16.6. The molecule has 0 rings (SSSR count). The molecule has 0 aliphatic heterocycles. The van der Waals surface area contributed by atoms with Gasteiger partial charge < -0.3 is 19.3 Å². The summed E-state index contributed by atoms with van der Waals surface area (Å²) in [4.78, 5) is 27.8. The first-order valence-corrected chi connectivity index (χ1v) is 10.5. The quantitative estimate of drug-likeness (QED) is 0.307. The zero-order valence-corrected chi connectivity index (χ0v) is 18.5. The van der Waals surface area contributed by atoms with Gasteiger partial charge in [-0.15, -0.1) is 0 Å². The van der Waals surface area contributed by atoms with Crippen LogP contribution in [-0.2, 0) is 14.3 Å². The van der Waals surface area contributed by atoms with Crippen LogP contribution in [0, 0.1) is 0 Å². The molecule has 0 aromatic rings. The van der Waals surface area contributed by atoms with Gasteiger partial charge >= 0.3 is 12.1 Å². The summed E-state index contributed by atoms with van der Waals surface area (Å²) < 4.78 is 10.9. The molecule has 0 aliphatic carbocycles. The third kappa shape index (κ3) is 15.5. The van der Waals surface area contributed by atoms with Gasteiger partial charge in [0.1, 0.15) is 6.10 Å². The number of likely N-dealkylation sites (N-methyl/N-ethyl adjacent to an activating group) is 2. The summed E-state index contributed by atoms with van der Waals surface area (Å²) in [6.07, 6.45) is 8.08. The molecule has 0 aliphatic rings. The minimum atomic E-state index is -0.315. The first-order chi connectivity index (χ1) is 12.8. The average molecular weight is 387 g/mol. The molecule has 0 bridgehead atoms. The highest BCUT2D eigenvalue weighted by Crippen LogP contribution is 2.16. The Kier molecular flexibility index (Phi) is 15.0. The molecule has 1 amide bonds. The Morgan fingerprint density at radius 2 is 1.48 bits per heavy atom. The van der Waals surface area contributed by atoms with Gasteiger partial charge in [0.25, 0.3) is 0 Å². The lowest BCUT2D eigenvalue weighted by Crippen LogP contribution is -2.36. The highest BCUT2D eigenvalue weighted by Gasteiger charge is 2.19. The zero-order chi connectivity index (χ0) is 20.7. The summed E-state index contributed by atoms with van der Waals surface area (Å²) >= 11 is 0. The molecule has 0 aromatic heterocycles. The molecular formula is C21H42N2O4. The number of unbranched alkanes of at least 4 members (excludes halogenated alkanes) is 5. The van der Waals surface area contributed by atoms with Crippen LogP contribution in [0.2, 0.25) is 0 Å². The topological polar surface area (TPSA) is 59.1 Å². The lowest BCUT2D eigenvalue weighted by Gasteiger charge is -2.24. The molecule has 160 valence electrons. The van der Waals surface area contributed by atoms with Gasteiger partial charge in [0.2, 0.25) is 0 Å². The normalized spacial score (nSPS) is 12.3. The van der Waals surface area contributed by atoms with Gasteiger partial charge in [-0.1, -0.05) is 39.0 Å². The van der Waals surface area contributed by atoms with Crippen LogP contribution >= 0.6 is 0 Å². The number of nitrogens with zero attached hydrogens (tertiary/aromatic N) is 2. The molecule has 0 saturated heterocycles.